The van der Waals surface area contributed by atoms with Crippen molar-refractivity contribution in [3.05, 3.63) is 41.7 Å². The van der Waals surface area contributed by atoms with Crippen molar-refractivity contribution in [2.45, 2.75) is 32.0 Å². The molecule has 0 radical (unpaired) electrons. The number of halogens is 3. The number of alkyl halides is 3. The Morgan fingerprint density at radius 1 is 1.12 bits per heavy atom. The number of aryl methyl sites for hydroxylation is 1. The van der Waals surface area contributed by atoms with Crippen LogP contribution in [0.5, 0.6) is 0 Å². The molecule has 2 heterocycles. The van der Waals surface area contributed by atoms with E-state index in [9.17, 15) is 18.3 Å². The third-order valence-corrected chi connectivity index (χ3v) is 4.10. The topological polar surface area (TPSA) is 49.2 Å². The standard InChI is InChI=1S/C17H18F3N3O/c1-11-21-15(12-3-2-4-13(9-12)17(18,19)20)10-16(22-11)23-7-5-14(24)6-8-23/h2-4,9-10,14,24H,5-8H2,1H3. The van der Waals surface area contributed by atoms with Crippen LogP contribution in [0.25, 0.3) is 11.3 Å². The summed E-state index contributed by atoms with van der Waals surface area (Å²) < 4.78 is 38.7. The van der Waals surface area contributed by atoms with E-state index in [1.165, 1.54) is 6.07 Å². The molecule has 1 aromatic heterocycles. The minimum absolute atomic E-state index is 0.299. The lowest BCUT2D eigenvalue weighted by atomic mass is 10.1. The lowest BCUT2D eigenvalue weighted by Crippen LogP contribution is -2.36. The van der Waals surface area contributed by atoms with Gasteiger partial charge in [-0.05, 0) is 31.9 Å². The first-order chi connectivity index (χ1) is 11.3. The van der Waals surface area contributed by atoms with Gasteiger partial charge in [0.25, 0.3) is 0 Å². The molecule has 0 spiro atoms. The SMILES string of the molecule is Cc1nc(-c2cccc(C(F)(F)F)c2)cc(N2CCC(O)CC2)n1. The van der Waals surface area contributed by atoms with Gasteiger partial charge >= 0.3 is 6.18 Å². The van der Waals surface area contributed by atoms with E-state index in [2.05, 4.69) is 9.97 Å². The highest BCUT2D eigenvalue weighted by Gasteiger charge is 2.30. The average Bonchev–Trinajstić information content (AvgIpc) is 2.54. The number of benzene rings is 1. The van der Waals surface area contributed by atoms with Crippen LogP contribution in [0.4, 0.5) is 19.0 Å². The van der Waals surface area contributed by atoms with Crippen molar-refractivity contribution < 1.29 is 18.3 Å². The van der Waals surface area contributed by atoms with Gasteiger partial charge in [0, 0.05) is 24.7 Å². The Morgan fingerprint density at radius 2 is 1.83 bits per heavy atom. The zero-order chi connectivity index (χ0) is 17.3. The van der Waals surface area contributed by atoms with Gasteiger partial charge in [-0.25, -0.2) is 9.97 Å². The predicted molar refractivity (Wildman–Crippen MR) is 84.7 cm³/mol. The first-order valence-electron chi connectivity index (χ1n) is 7.79. The molecule has 0 unspecified atom stereocenters. The molecule has 7 heteroatoms. The number of aliphatic hydroxyl groups excluding tert-OH is 1. The first kappa shape index (κ1) is 16.7. The summed E-state index contributed by atoms with van der Waals surface area (Å²) in [5.41, 5.74) is 0.183. The Balaban J connectivity index is 1.94. The minimum atomic E-state index is -4.38. The Bertz CT molecular complexity index is 725. The van der Waals surface area contributed by atoms with Gasteiger partial charge in [-0.2, -0.15) is 13.2 Å². The number of rotatable bonds is 2. The third-order valence-electron chi connectivity index (χ3n) is 4.10. The van der Waals surface area contributed by atoms with E-state index < -0.39 is 11.7 Å². The van der Waals surface area contributed by atoms with Crippen molar-refractivity contribution in [2.75, 3.05) is 18.0 Å². The van der Waals surface area contributed by atoms with E-state index in [0.717, 1.165) is 12.1 Å². The third kappa shape index (κ3) is 3.67. The Kier molecular flexibility index (Phi) is 4.45. The average molecular weight is 337 g/mol. The second-order valence-corrected chi connectivity index (χ2v) is 5.96. The Labute approximate surface area is 138 Å². The lowest BCUT2D eigenvalue weighted by molar-refractivity contribution is -0.137. The van der Waals surface area contributed by atoms with Crippen LogP contribution in [0.15, 0.2) is 30.3 Å². The summed E-state index contributed by atoms with van der Waals surface area (Å²) in [6.45, 7) is 3.05. The summed E-state index contributed by atoms with van der Waals surface area (Å²) in [5.74, 6) is 1.19. The first-order valence-corrected chi connectivity index (χ1v) is 7.79. The number of nitrogens with zero attached hydrogens (tertiary/aromatic N) is 3. The summed E-state index contributed by atoms with van der Waals surface area (Å²) in [5, 5.41) is 9.60. The summed E-state index contributed by atoms with van der Waals surface area (Å²) >= 11 is 0. The summed E-state index contributed by atoms with van der Waals surface area (Å²) in [4.78, 5) is 10.7. The molecule has 4 nitrogen and oxygen atoms in total. The fourth-order valence-corrected chi connectivity index (χ4v) is 2.81. The number of aromatic nitrogens is 2. The van der Waals surface area contributed by atoms with Crippen LogP contribution in [0.1, 0.15) is 24.2 Å². The van der Waals surface area contributed by atoms with Gasteiger partial charge in [-0.15, -0.1) is 0 Å². The van der Waals surface area contributed by atoms with E-state index in [0.29, 0.717) is 48.8 Å². The van der Waals surface area contributed by atoms with Crippen LogP contribution in [0.2, 0.25) is 0 Å². The van der Waals surface area contributed by atoms with Crippen molar-refractivity contribution in [1.29, 1.82) is 0 Å². The summed E-state index contributed by atoms with van der Waals surface area (Å²) in [7, 11) is 0. The van der Waals surface area contributed by atoms with Crippen LogP contribution in [-0.2, 0) is 6.18 Å². The molecule has 1 saturated heterocycles. The van der Waals surface area contributed by atoms with Gasteiger partial charge in [0.2, 0.25) is 0 Å². The molecular formula is C17H18F3N3O. The van der Waals surface area contributed by atoms with E-state index >= 15 is 0 Å². The molecule has 0 atom stereocenters. The molecule has 1 N–H and O–H groups in total. The van der Waals surface area contributed by atoms with Gasteiger partial charge in [-0.1, -0.05) is 12.1 Å². The quantitative estimate of drug-likeness (QED) is 0.912. The number of hydrogen-bond acceptors (Lipinski definition) is 4. The minimum Gasteiger partial charge on any atom is -0.393 e. The summed E-state index contributed by atoms with van der Waals surface area (Å²) in [6, 6.07) is 6.85. The zero-order valence-electron chi connectivity index (χ0n) is 13.2. The molecule has 0 aliphatic carbocycles. The largest absolute Gasteiger partial charge is 0.416 e. The molecular weight excluding hydrogens is 319 g/mol. The van der Waals surface area contributed by atoms with Crippen LogP contribution in [-0.4, -0.2) is 34.3 Å². The molecule has 2 aromatic rings. The molecule has 1 aliphatic heterocycles. The fraction of sp³-hybridized carbons (Fsp3) is 0.412. The summed E-state index contributed by atoms with van der Waals surface area (Å²) in [6.07, 6.45) is -3.37. The number of hydrogen-bond donors (Lipinski definition) is 1. The maximum Gasteiger partial charge on any atom is 0.416 e. The van der Waals surface area contributed by atoms with Gasteiger partial charge in [0.15, 0.2) is 0 Å². The maximum atomic E-state index is 12.9. The molecule has 0 bridgehead atoms. The lowest BCUT2D eigenvalue weighted by Gasteiger charge is -2.30. The van der Waals surface area contributed by atoms with Crippen molar-refractivity contribution in [2.24, 2.45) is 0 Å². The zero-order valence-corrected chi connectivity index (χ0v) is 13.2. The molecule has 1 fully saturated rings. The molecule has 1 aliphatic rings. The Hall–Kier alpha value is -2.15. The maximum absolute atomic E-state index is 12.9. The Morgan fingerprint density at radius 3 is 2.50 bits per heavy atom. The monoisotopic (exact) mass is 337 g/mol. The molecule has 0 amide bonds. The number of anilines is 1. The number of aliphatic hydroxyl groups is 1. The highest BCUT2D eigenvalue weighted by molar-refractivity contribution is 5.64. The molecule has 0 saturated carbocycles. The van der Waals surface area contributed by atoms with E-state index in [4.69, 9.17) is 0 Å². The van der Waals surface area contributed by atoms with Crippen molar-refractivity contribution >= 4 is 5.82 Å². The van der Waals surface area contributed by atoms with Crippen molar-refractivity contribution in [1.82, 2.24) is 9.97 Å². The van der Waals surface area contributed by atoms with Crippen LogP contribution < -0.4 is 4.90 Å². The van der Waals surface area contributed by atoms with Gasteiger partial charge < -0.3 is 10.0 Å². The predicted octanol–water partition coefficient (Wildman–Crippen LogP) is 3.43. The second-order valence-electron chi connectivity index (χ2n) is 5.96. The highest BCUT2D eigenvalue weighted by atomic mass is 19.4. The van der Waals surface area contributed by atoms with E-state index in [-0.39, 0.29) is 6.10 Å². The van der Waals surface area contributed by atoms with Gasteiger partial charge in [-0.3, -0.25) is 0 Å². The molecule has 1 aromatic carbocycles. The number of piperidine rings is 1. The second kappa shape index (κ2) is 6.39. The van der Waals surface area contributed by atoms with E-state index in [1.807, 2.05) is 4.90 Å². The fourth-order valence-electron chi connectivity index (χ4n) is 2.81. The normalized spacial score (nSPS) is 16.5. The molecule has 3 rings (SSSR count). The molecule has 24 heavy (non-hydrogen) atoms. The highest BCUT2D eigenvalue weighted by Crippen LogP contribution is 2.32. The van der Waals surface area contributed by atoms with Gasteiger partial charge in [0.1, 0.15) is 11.6 Å². The molecule has 128 valence electrons. The van der Waals surface area contributed by atoms with Crippen LogP contribution in [0, 0.1) is 6.92 Å². The van der Waals surface area contributed by atoms with E-state index in [1.54, 1.807) is 19.1 Å². The van der Waals surface area contributed by atoms with Crippen molar-refractivity contribution in [3.8, 4) is 11.3 Å². The van der Waals surface area contributed by atoms with Crippen molar-refractivity contribution in [3.63, 3.8) is 0 Å². The smallest absolute Gasteiger partial charge is 0.393 e. The van der Waals surface area contributed by atoms with Crippen LogP contribution in [0.3, 0.4) is 0 Å². The van der Waals surface area contributed by atoms with Gasteiger partial charge in [0.05, 0.1) is 17.4 Å². The van der Waals surface area contributed by atoms with Crippen LogP contribution >= 0.6 is 0 Å².